The van der Waals surface area contributed by atoms with E-state index in [1.807, 2.05) is 38.2 Å². The molecule has 0 bridgehead atoms. The van der Waals surface area contributed by atoms with Crippen LogP contribution in [0.3, 0.4) is 0 Å². The van der Waals surface area contributed by atoms with Crippen LogP contribution in [0.4, 0.5) is 11.6 Å². The third kappa shape index (κ3) is 4.48. The van der Waals surface area contributed by atoms with Crippen molar-refractivity contribution in [1.29, 1.82) is 0 Å². The van der Waals surface area contributed by atoms with Gasteiger partial charge in [0.25, 0.3) is 0 Å². The molecule has 0 radical (unpaired) electrons. The van der Waals surface area contributed by atoms with Gasteiger partial charge < -0.3 is 15.4 Å². The smallest absolute Gasteiger partial charge is 0.145 e. The zero-order chi connectivity index (χ0) is 20.9. The van der Waals surface area contributed by atoms with Crippen LogP contribution in [0.5, 0.6) is 5.75 Å². The van der Waals surface area contributed by atoms with Crippen LogP contribution in [0.15, 0.2) is 36.8 Å². The lowest BCUT2D eigenvalue weighted by atomic mass is 10.1. The summed E-state index contributed by atoms with van der Waals surface area (Å²) in [6.07, 6.45) is 6.41. The highest BCUT2D eigenvalue weighted by molar-refractivity contribution is 7.98. The second-order valence-corrected chi connectivity index (χ2v) is 8.12. The molecule has 1 aliphatic rings. The van der Waals surface area contributed by atoms with Crippen molar-refractivity contribution in [2.45, 2.75) is 25.5 Å². The fourth-order valence-electron chi connectivity index (χ4n) is 3.54. The Morgan fingerprint density at radius 1 is 1.13 bits per heavy atom. The predicted molar refractivity (Wildman–Crippen MR) is 122 cm³/mol. The average molecular weight is 423 g/mol. The molecule has 1 aliphatic heterocycles. The van der Waals surface area contributed by atoms with Gasteiger partial charge in [0.05, 0.1) is 23.2 Å². The molecular formula is C22H26N6OS. The molecule has 1 atom stereocenters. The topological polar surface area (TPSA) is 84.9 Å². The Balaban J connectivity index is 1.49. The lowest BCUT2D eigenvalue weighted by Gasteiger charge is -2.19. The molecule has 4 heterocycles. The number of anilines is 2. The number of hydrogen-bond acceptors (Lipinski definition) is 8. The molecule has 4 rings (SSSR count). The molecule has 0 saturated carbocycles. The van der Waals surface area contributed by atoms with Gasteiger partial charge in [-0.05, 0) is 38.3 Å². The van der Waals surface area contributed by atoms with E-state index in [-0.39, 0.29) is 5.25 Å². The van der Waals surface area contributed by atoms with E-state index in [0.717, 1.165) is 59.5 Å². The molecule has 0 fully saturated rings. The van der Waals surface area contributed by atoms with E-state index in [1.54, 1.807) is 18.1 Å². The van der Waals surface area contributed by atoms with E-state index in [1.165, 1.54) is 5.56 Å². The first-order valence-electron chi connectivity index (χ1n) is 10.1. The summed E-state index contributed by atoms with van der Waals surface area (Å²) < 4.78 is 5.88. The maximum absolute atomic E-state index is 5.88. The van der Waals surface area contributed by atoms with E-state index in [9.17, 15) is 0 Å². The van der Waals surface area contributed by atoms with Crippen LogP contribution < -0.4 is 15.4 Å². The number of rotatable bonds is 8. The molecule has 0 aromatic carbocycles. The summed E-state index contributed by atoms with van der Waals surface area (Å²) in [6, 6.07) is 8.07. The number of nitrogens with zero attached hydrogens (tertiary/aromatic N) is 4. The van der Waals surface area contributed by atoms with Crippen LogP contribution in [0.1, 0.15) is 29.1 Å². The second kappa shape index (κ2) is 9.30. The minimum absolute atomic E-state index is 0.234. The standard InChI is InChI=1S/C22H26N6OS/c1-4-23-20-6-5-15(11-24-20)18-10-21(27-13-26-18)25-12-19(30-3)16-9-14(2)28-17-7-8-29-22(16)17/h5-6,9-11,13,19H,4,7-8,12H2,1-3H3,(H,23,24)(H,25,26,27). The molecule has 156 valence electrons. The Hall–Kier alpha value is -2.87. The minimum Gasteiger partial charge on any atom is -0.491 e. The van der Waals surface area contributed by atoms with Crippen molar-refractivity contribution in [1.82, 2.24) is 19.9 Å². The van der Waals surface area contributed by atoms with Gasteiger partial charge in [-0.3, -0.25) is 4.98 Å². The molecule has 3 aromatic heterocycles. The zero-order valence-electron chi connectivity index (χ0n) is 17.5. The first-order chi connectivity index (χ1) is 14.7. The minimum atomic E-state index is 0.234. The molecule has 3 aromatic rings. The van der Waals surface area contributed by atoms with E-state index >= 15 is 0 Å². The van der Waals surface area contributed by atoms with Gasteiger partial charge in [0.1, 0.15) is 23.7 Å². The number of ether oxygens (including phenoxy) is 1. The molecule has 0 saturated heterocycles. The molecule has 8 heteroatoms. The first-order valence-corrected chi connectivity index (χ1v) is 11.4. The van der Waals surface area contributed by atoms with Crippen LogP contribution in [0.25, 0.3) is 11.3 Å². The predicted octanol–water partition coefficient (Wildman–Crippen LogP) is 4.12. The van der Waals surface area contributed by atoms with Gasteiger partial charge in [-0.2, -0.15) is 11.8 Å². The van der Waals surface area contributed by atoms with E-state index in [4.69, 9.17) is 4.74 Å². The lowest BCUT2D eigenvalue weighted by molar-refractivity contribution is 0.353. The van der Waals surface area contributed by atoms with Crippen molar-refractivity contribution in [3.05, 3.63) is 53.7 Å². The average Bonchev–Trinajstić information content (AvgIpc) is 3.23. The number of fused-ring (bicyclic) bond motifs is 1. The Morgan fingerprint density at radius 3 is 2.80 bits per heavy atom. The third-order valence-electron chi connectivity index (χ3n) is 4.97. The number of aryl methyl sites for hydroxylation is 1. The summed E-state index contributed by atoms with van der Waals surface area (Å²) in [6.45, 7) is 6.37. The van der Waals surface area contributed by atoms with E-state index in [2.05, 4.69) is 42.9 Å². The maximum atomic E-state index is 5.88. The summed E-state index contributed by atoms with van der Waals surface area (Å²) in [5.74, 6) is 2.61. The molecule has 0 aliphatic carbocycles. The highest BCUT2D eigenvalue weighted by Gasteiger charge is 2.24. The van der Waals surface area contributed by atoms with Crippen LogP contribution >= 0.6 is 11.8 Å². The van der Waals surface area contributed by atoms with Crippen LogP contribution in [-0.4, -0.2) is 45.9 Å². The van der Waals surface area contributed by atoms with Gasteiger partial charge in [-0.1, -0.05) is 0 Å². The van der Waals surface area contributed by atoms with Crippen molar-refractivity contribution in [2.24, 2.45) is 0 Å². The number of aromatic nitrogens is 4. The number of pyridine rings is 2. The Bertz CT molecular complexity index is 1010. The Labute approximate surface area is 181 Å². The highest BCUT2D eigenvalue weighted by Crippen LogP contribution is 2.38. The third-order valence-corrected chi connectivity index (χ3v) is 5.96. The van der Waals surface area contributed by atoms with Crippen molar-refractivity contribution in [2.75, 3.05) is 36.6 Å². The van der Waals surface area contributed by atoms with Gasteiger partial charge in [0.2, 0.25) is 0 Å². The van der Waals surface area contributed by atoms with E-state index in [0.29, 0.717) is 6.61 Å². The van der Waals surface area contributed by atoms with Gasteiger partial charge >= 0.3 is 0 Å². The number of thioether (sulfide) groups is 1. The molecule has 0 spiro atoms. The summed E-state index contributed by atoms with van der Waals surface area (Å²) in [5, 5.41) is 6.90. The fourth-order valence-corrected chi connectivity index (χ4v) is 4.22. The van der Waals surface area contributed by atoms with Crippen LogP contribution in [-0.2, 0) is 6.42 Å². The quantitative estimate of drug-likeness (QED) is 0.561. The highest BCUT2D eigenvalue weighted by atomic mass is 32.2. The molecule has 30 heavy (non-hydrogen) atoms. The molecule has 7 nitrogen and oxygen atoms in total. The molecule has 1 unspecified atom stereocenters. The van der Waals surface area contributed by atoms with Gasteiger partial charge in [-0.25, -0.2) is 15.0 Å². The Morgan fingerprint density at radius 2 is 2.03 bits per heavy atom. The van der Waals surface area contributed by atoms with Gasteiger partial charge in [-0.15, -0.1) is 0 Å². The van der Waals surface area contributed by atoms with Crippen molar-refractivity contribution in [3.8, 4) is 17.0 Å². The van der Waals surface area contributed by atoms with Crippen molar-refractivity contribution >= 4 is 23.4 Å². The number of nitrogens with one attached hydrogen (secondary N) is 2. The van der Waals surface area contributed by atoms with Crippen molar-refractivity contribution in [3.63, 3.8) is 0 Å². The van der Waals surface area contributed by atoms with Gasteiger partial charge in [0, 0.05) is 48.6 Å². The van der Waals surface area contributed by atoms with Crippen molar-refractivity contribution < 1.29 is 4.74 Å². The Kier molecular flexibility index (Phi) is 6.32. The summed E-state index contributed by atoms with van der Waals surface area (Å²) in [5.41, 5.74) is 5.10. The SMILES string of the molecule is CCNc1ccc(-c2cc(NCC(SC)c3cc(C)nc4c3OCC4)ncn2)cn1. The maximum Gasteiger partial charge on any atom is 0.145 e. The normalized spacial score (nSPS) is 13.4. The largest absolute Gasteiger partial charge is 0.491 e. The second-order valence-electron chi connectivity index (χ2n) is 7.08. The van der Waals surface area contributed by atoms with Crippen LogP contribution in [0, 0.1) is 6.92 Å². The molecular weight excluding hydrogens is 396 g/mol. The van der Waals surface area contributed by atoms with E-state index < -0.39 is 0 Å². The summed E-state index contributed by atoms with van der Waals surface area (Å²) in [7, 11) is 0. The molecule has 0 amide bonds. The molecule has 2 N–H and O–H groups in total. The van der Waals surface area contributed by atoms with Gasteiger partial charge in [0.15, 0.2) is 0 Å². The number of hydrogen-bond donors (Lipinski definition) is 2. The zero-order valence-corrected chi connectivity index (χ0v) is 18.3. The van der Waals surface area contributed by atoms with Crippen LogP contribution in [0.2, 0.25) is 0 Å². The summed E-state index contributed by atoms with van der Waals surface area (Å²) in [4.78, 5) is 17.9. The first kappa shape index (κ1) is 20.4. The summed E-state index contributed by atoms with van der Waals surface area (Å²) >= 11 is 1.79. The fraction of sp³-hybridized carbons (Fsp3) is 0.364. The monoisotopic (exact) mass is 422 g/mol. The lowest BCUT2D eigenvalue weighted by Crippen LogP contribution is -2.12.